The van der Waals surface area contributed by atoms with Crippen LogP contribution in [0.3, 0.4) is 0 Å². The van der Waals surface area contributed by atoms with Gasteiger partial charge < -0.3 is 16.6 Å². The Morgan fingerprint density at radius 1 is 1.78 bits per heavy atom. The molecule has 0 amide bonds. The van der Waals surface area contributed by atoms with Gasteiger partial charge in [-0.25, -0.2) is 0 Å². The number of hydrogen-bond acceptors (Lipinski definition) is 3. The topological polar surface area (TPSA) is 89.3 Å². The van der Waals surface area contributed by atoms with Crippen LogP contribution >= 0.6 is 0 Å². The van der Waals surface area contributed by atoms with Gasteiger partial charge in [-0.1, -0.05) is 6.92 Å². The monoisotopic (exact) mass is 134 g/mol. The largest absolute Gasteiger partial charge is 0.480 e. The molecule has 9 heavy (non-hydrogen) atoms. The van der Waals surface area contributed by atoms with Crippen molar-refractivity contribution in [3.8, 4) is 0 Å². The molecule has 4 nitrogen and oxygen atoms in total. The molecule has 0 saturated carbocycles. The van der Waals surface area contributed by atoms with Crippen LogP contribution < -0.4 is 11.5 Å². The molecule has 56 valence electrons. The Labute approximate surface area is 54.8 Å². The van der Waals surface area contributed by atoms with Crippen molar-refractivity contribution in [2.75, 3.05) is 6.54 Å². The number of hydrogen-bond donors (Lipinski definition) is 3. The van der Waals surface area contributed by atoms with Crippen molar-refractivity contribution in [2.45, 2.75) is 19.9 Å². The summed E-state index contributed by atoms with van der Waals surface area (Å²) in [5.74, 6) is -0.963. The highest BCUT2D eigenvalue weighted by Crippen LogP contribution is 1.68. The Hall–Kier alpha value is -0.610. The fraction of sp³-hybridized carbons (Fsp3) is 0.800. The Bertz CT molecular complexity index is 73.4. The van der Waals surface area contributed by atoms with Crippen molar-refractivity contribution in [3.05, 3.63) is 0 Å². The number of carbonyl (C=O) groups is 1. The molecular weight excluding hydrogens is 120 g/mol. The number of aliphatic carboxylic acids is 1. The number of rotatable bonds is 1. The summed E-state index contributed by atoms with van der Waals surface area (Å²) in [5, 5.41) is 7.87. The lowest BCUT2D eigenvalue weighted by Gasteiger charge is -1.90. The first-order valence-electron chi connectivity index (χ1n) is 2.74. The predicted octanol–water partition coefficient (Wildman–Crippen LogP) is -0.617. The highest BCUT2D eigenvalue weighted by atomic mass is 16.4. The third-order valence-electron chi connectivity index (χ3n) is 0.390. The minimum atomic E-state index is -0.963. The van der Waals surface area contributed by atoms with Crippen molar-refractivity contribution in [1.29, 1.82) is 0 Å². The maximum absolute atomic E-state index is 9.57. The number of nitrogens with two attached hydrogens (primary N) is 2. The van der Waals surface area contributed by atoms with E-state index in [-0.39, 0.29) is 0 Å². The smallest absolute Gasteiger partial charge is 0.320 e. The summed E-state index contributed by atoms with van der Waals surface area (Å²) in [6.45, 7) is 4.07. The summed E-state index contributed by atoms with van der Waals surface area (Å²) in [7, 11) is 0. The summed E-state index contributed by atoms with van der Waals surface area (Å²) in [4.78, 5) is 9.57. The molecule has 0 saturated heterocycles. The highest BCUT2D eigenvalue weighted by molar-refractivity contribution is 5.72. The summed E-state index contributed by atoms with van der Waals surface area (Å²) >= 11 is 0. The van der Waals surface area contributed by atoms with Gasteiger partial charge in [-0.2, -0.15) is 0 Å². The molecule has 0 aliphatic rings. The van der Waals surface area contributed by atoms with Gasteiger partial charge in [-0.15, -0.1) is 0 Å². The predicted molar refractivity (Wildman–Crippen MR) is 36.0 cm³/mol. The highest BCUT2D eigenvalue weighted by Gasteiger charge is 1.99. The molecule has 0 rings (SSSR count). The van der Waals surface area contributed by atoms with Crippen molar-refractivity contribution >= 4 is 5.97 Å². The zero-order chi connectivity index (χ0) is 7.86. The Balaban J connectivity index is 0. The molecule has 0 radical (unpaired) electrons. The Kier molecular flexibility index (Phi) is 9.21. The van der Waals surface area contributed by atoms with E-state index >= 15 is 0 Å². The molecule has 0 aliphatic heterocycles. The summed E-state index contributed by atoms with van der Waals surface area (Å²) in [6.07, 6.45) is 0. The molecule has 0 fully saturated rings. The van der Waals surface area contributed by atoms with Gasteiger partial charge in [0.05, 0.1) is 0 Å². The van der Waals surface area contributed by atoms with Gasteiger partial charge in [-0.3, -0.25) is 4.79 Å². The van der Waals surface area contributed by atoms with E-state index in [4.69, 9.17) is 16.6 Å². The summed E-state index contributed by atoms with van der Waals surface area (Å²) in [5.41, 5.74) is 9.68. The maximum atomic E-state index is 9.57. The molecule has 0 unspecified atom stereocenters. The molecule has 0 aliphatic carbocycles. The molecular formula is C5H14N2O2. The van der Waals surface area contributed by atoms with E-state index in [1.807, 2.05) is 6.92 Å². The summed E-state index contributed by atoms with van der Waals surface area (Å²) in [6, 6.07) is -0.731. The second-order valence-corrected chi connectivity index (χ2v) is 1.54. The normalized spacial score (nSPS) is 11.1. The lowest BCUT2D eigenvalue weighted by Crippen LogP contribution is -2.25. The molecule has 0 spiro atoms. The van der Waals surface area contributed by atoms with E-state index in [1.165, 1.54) is 6.92 Å². The lowest BCUT2D eigenvalue weighted by atomic mass is 10.4. The van der Waals surface area contributed by atoms with Crippen LogP contribution in [0.5, 0.6) is 0 Å². The third-order valence-corrected chi connectivity index (χ3v) is 0.390. The van der Waals surface area contributed by atoms with Gasteiger partial charge in [0, 0.05) is 0 Å². The van der Waals surface area contributed by atoms with Crippen LogP contribution in [-0.4, -0.2) is 23.7 Å². The van der Waals surface area contributed by atoms with Crippen LogP contribution in [0.2, 0.25) is 0 Å². The minimum absolute atomic E-state index is 0.731. The quantitative estimate of drug-likeness (QED) is 0.446. The molecule has 1 atom stereocenters. The molecule has 4 heteroatoms. The van der Waals surface area contributed by atoms with Gasteiger partial charge in [0.25, 0.3) is 0 Å². The fourth-order valence-corrected chi connectivity index (χ4v) is 0. The van der Waals surface area contributed by atoms with E-state index < -0.39 is 12.0 Å². The van der Waals surface area contributed by atoms with Crippen molar-refractivity contribution in [1.82, 2.24) is 0 Å². The van der Waals surface area contributed by atoms with Gasteiger partial charge >= 0.3 is 5.97 Å². The van der Waals surface area contributed by atoms with E-state index in [9.17, 15) is 4.79 Å². The molecule has 0 heterocycles. The van der Waals surface area contributed by atoms with E-state index in [1.54, 1.807) is 0 Å². The van der Waals surface area contributed by atoms with Gasteiger partial charge in [0.2, 0.25) is 0 Å². The Morgan fingerprint density at radius 3 is 1.89 bits per heavy atom. The average molecular weight is 134 g/mol. The van der Waals surface area contributed by atoms with E-state index in [0.717, 1.165) is 6.54 Å². The number of carboxylic acid groups (broad SMARTS) is 1. The fourth-order valence-electron chi connectivity index (χ4n) is 0. The molecule has 0 aromatic rings. The van der Waals surface area contributed by atoms with Crippen molar-refractivity contribution in [2.24, 2.45) is 11.5 Å². The van der Waals surface area contributed by atoms with Crippen LogP contribution in [0, 0.1) is 0 Å². The lowest BCUT2D eigenvalue weighted by molar-refractivity contribution is -0.138. The van der Waals surface area contributed by atoms with Crippen molar-refractivity contribution < 1.29 is 9.90 Å². The van der Waals surface area contributed by atoms with Crippen LogP contribution in [0.15, 0.2) is 0 Å². The maximum Gasteiger partial charge on any atom is 0.320 e. The van der Waals surface area contributed by atoms with Gasteiger partial charge in [0.15, 0.2) is 0 Å². The number of carboxylic acids is 1. The first kappa shape index (κ1) is 11.2. The third kappa shape index (κ3) is 18.7. The molecule has 5 N–H and O–H groups in total. The SMILES string of the molecule is CCN.C[C@H](N)C(=O)O. The average Bonchev–Trinajstić information content (AvgIpc) is 1.68. The molecule has 0 bridgehead atoms. The first-order chi connectivity index (χ1) is 4.06. The van der Waals surface area contributed by atoms with Gasteiger partial charge in [-0.05, 0) is 13.5 Å². The zero-order valence-corrected chi connectivity index (χ0v) is 5.79. The minimum Gasteiger partial charge on any atom is -0.480 e. The summed E-state index contributed by atoms with van der Waals surface area (Å²) < 4.78 is 0. The van der Waals surface area contributed by atoms with E-state index in [0.29, 0.717) is 0 Å². The van der Waals surface area contributed by atoms with Crippen molar-refractivity contribution in [3.63, 3.8) is 0 Å². The first-order valence-corrected chi connectivity index (χ1v) is 2.74. The van der Waals surface area contributed by atoms with Gasteiger partial charge in [0.1, 0.15) is 6.04 Å². The van der Waals surface area contributed by atoms with Crippen LogP contribution in [0.1, 0.15) is 13.8 Å². The molecule has 0 aromatic carbocycles. The second-order valence-electron chi connectivity index (χ2n) is 1.54. The second kappa shape index (κ2) is 7.39. The zero-order valence-electron chi connectivity index (χ0n) is 5.79. The van der Waals surface area contributed by atoms with Crippen LogP contribution in [0.4, 0.5) is 0 Å². The van der Waals surface area contributed by atoms with E-state index in [2.05, 4.69) is 0 Å². The Morgan fingerprint density at radius 2 is 1.89 bits per heavy atom. The van der Waals surface area contributed by atoms with Crippen LogP contribution in [0.25, 0.3) is 0 Å². The van der Waals surface area contributed by atoms with Crippen LogP contribution in [-0.2, 0) is 4.79 Å². The standard InChI is InChI=1S/C3H7NO2.C2H7N/c1-2(4)3(5)6;1-2-3/h2H,4H2,1H3,(H,5,6);2-3H2,1H3/t2-;/m0./s1. The molecule has 0 aromatic heterocycles.